The van der Waals surface area contributed by atoms with Crippen LogP contribution >= 0.6 is 23.8 Å². The smallest absolute Gasteiger partial charge is 0.395 e. The van der Waals surface area contributed by atoms with Gasteiger partial charge >= 0.3 is 19.5 Å². The van der Waals surface area contributed by atoms with Crippen molar-refractivity contribution >= 4 is 29.7 Å². The number of rotatable bonds is 11. The van der Waals surface area contributed by atoms with Crippen molar-refractivity contribution < 1.29 is 42.0 Å². The van der Waals surface area contributed by atoms with Gasteiger partial charge in [0.1, 0.15) is 24.0 Å². The molecule has 1 aliphatic rings. The van der Waals surface area contributed by atoms with E-state index < -0.39 is 61.8 Å². The van der Waals surface area contributed by atoms with Gasteiger partial charge in [0, 0.05) is 16.7 Å². The quantitative estimate of drug-likeness (QED) is 0.248. The number of hydroxylamine groups is 1. The van der Waals surface area contributed by atoms with Crippen molar-refractivity contribution in [1.29, 1.82) is 0 Å². The number of halogens is 2. The van der Waals surface area contributed by atoms with Gasteiger partial charge in [0.05, 0.1) is 13.7 Å². The van der Waals surface area contributed by atoms with Crippen molar-refractivity contribution in [2.45, 2.75) is 50.9 Å². The summed E-state index contributed by atoms with van der Waals surface area (Å²) >= 11 is 3.26. The van der Waals surface area contributed by atoms with Crippen molar-refractivity contribution in [2.24, 2.45) is 5.92 Å². The van der Waals surface area contributed by atoms with E-state index in [0.29, 0.717) is 4.47 Å². The summed E-state index contributed by atoms with van der Waals surface area (Å²) in [5.41, 5.74) is -1.77. The number of aliphatic hydroxyl groups excluding tert-OH is 1. The van der Waals surface area contributed by atoms with Gasteiger partial charge in [0.2, 0.25) is 0 Å². The molecule has 2 aromatic rings. The number of alkyl halides is 1. The van der Waals surface area contributed by atoms with Gasteiger partial charge in [-0.2, -0.15) is 5.48 Å². The number of carbonyl (C=O) groups is 1. The van der Waals surface area contributed by atoms with Gasteiger partial charge in [-0.1, -0.05) is 29.8 Å². The first-order chi connectivity index (χ1) is 17.8. The third-order valence-electron chi connectivity index (χ3n) is 5.62. The van der Waals surface area contributed by atoms with Crippen LogP contribution in [0.2, 0.25) is 0 Å². The normalized spacial score (nSPS) is 25.6. The Morgan fingerprint density at radius 3 is 2.55 bits per heavy atom. The standard InChI is InChI=1S/C22H28BrFN3O10P/c1-12(2)17(26-33-4)19(30)37-38(32,36-14-7-5-13(23)6-8-14)34-11-15-18(29)22(3,24)20(35-15)27-10-9-16(28)25-21(27)31/h5-10,12,15,17-18,20,26,29H,11H2,1-4H3,(H,25,28,31)/t15-,17+,18-,20-,22+,38?/m1/s1. The molecule has 13 nitrogen and oxygen atoms in total. The molecule has 0 amide bonds. The number of hydrogen-bond donors (Lipinski definition) is 3. The van der Waals surface area contributed by atoms with E-state index in [1.54, 1.807) is 26.0 Å². The number of carbonyl (C=O) groups excluding carboxylic acids is 1. The van der Waals surface area contributed by atoms with Crippen LogP contribution in [0.15, 0.2) is 50.6 Å². The molecule has 16 heteroatoms. The van der Waals surface area contributed by atoms with E-state index in [9.17, 15) is 24.1 Å². The van der Waals surface area contributed by atoms with Gasteiger partial charge in [-0.15, -0.1) is 0 Å². The maximum atomic E-state index is 15.5. The Balaban J connectivity index is 1.84. The van der Waals surface area contributed by atoms with E-state index in [0.717, 1.165) is 23.8 Å². The third-order valence-corrected chi connectivity index (χ3v) is 7.45. The molecule has 0 saturated carbocycles. The average molecular weight is 624 g/mol. The largest absolute Gasteiger partial charge is 0.589 e. The van der Waals surface area contributed by atoms with Crippen LogP contribution in [0.3, 0.4) is 0 Å². The van der Waals surface area contributed by atoms with Gasteiger partial charge in [0.25, 0.3) is 5.56 Å². The Kier molecular flexibility index (Phi) is 9.68. The topological polar surface area (TPSA) is 167 Å². The molecule has 0 radical (unpaired) electrons. The van der Waals surface area contributed by atoms with Gasteiger partial charge in [-0.25, -0.2) is 18.5 Å². The predicted octanol–water partition coefficient (Wildman–Crippen LogP) is 2.21. The van der Waals surface area contributed by atoms with Gasteiger partial charge < -0.3 is 23.7 Å². The lowest BCUT2D eigenvalue weighted by atomic mass is 9.98. The predicted molar refractivity (Wildman–Crippen MR) is 134 cm³/mol. The van der Waals surface area contributed by atoms with E-state index in [2.05, 4.69) is 21.4 Å². The number of nitrogens with zero attached hydrogens (tertiary/aromatic N) is 1. The van der Waals surface area contributed by atoms with Crippen molar-refractivity contribution in [3.63, 3.8) is 0 Å². The molecule has 0 spiro atoms. The molecule has 210 valence electrons. The molecular formula is C22H28BrFN3O10P. The number of phosphoric ester groups is 1. The average Bonchev–Trinajstić information content (AvgIpc) is 3.06. The summed E-state index contributed by atoms with van der Waals surface area (Å²) in [4.78, 5) is 43.1. The molecule has 3 rings (SSSR count). The lowest BCUT2D eigenvalue weighted by molar-refractivity contribution is -0.144. The summed E-state index contributed by atoms with van der Waals surface area (Å²) in [6.45, 7) is 3.59. The summed E-state index contributed by atoms with van der Waals surface area (Å²) in [7, 11) is -3.46. The number of benzene rings is 1. The highest BCUT2D eigenvalue weighted by atomic mass is 79.9. The Labute approximate surface area is 224 Å². The van der Waals surface area contributed by atoms with E-state index in [1.807, 2.05) is 4.98 Å². The van der Waals surface area contributed by atoms with Crippen molar-refractivity contribution in [3.8, 4) is 5.75 Å². The van der Waals surface area contributed by atoms with Crippen LogP contribution < -0.4 is 21.3 Å². The summed E-state index contributed by atoms with van der Waals surface area (Å²) in [6, 6.07) is 5.95. The fraction of sp³-hybridized carbons (Fsp3) is 0.500. The zero-order chi connectivity index (χ0) is 28.3. The fourth-order valence-electron chi connectivity index (χ4n) is 3.57. The summed E-state index contributed by atoms with van der Waals surface area (Å²) in [6.07, 6.45) is -4.01. The molecule has 38 heavy (non-hydrogen) atoms. The number of aliphatic hydroxyl groups is 1. The summed E-state index contributed by atoms with van der Waals surface area (Å²) in [5.74, 6) is -1.36. The monoisotopic (exact) mass is 623 g/mol. The molecule has 2 heterocycles. The first-order valence-electron chi connectivity index (χ1n) is 11.3. The highest BCUT2D eigenvalue weighted by Crippen LogP contribution is 2.51. The third kappa shape index (κ3) is 6.97. The van der Waals surface area contributed by atoms with Crippen LogP contribution in [0.5, 0.6) is 5.75 Å². The van der Waals surface area contributed by atoms with Gasteiger partial charge in [-0.3, -0.25) is 18.9 Å². The highest BCUT2D eigenvalue weighted by molar-refractivity contribution is 9.10. The van der Waals surface area contributed by atoms with Crippen molar-refractivity contribution in [1.82, 2.24) is 15.0 Å². The second-order valence-corrected chi connectivity index (χ2v) is 11.3. The molecular weight excluding hydrogens is 596 g/mol. The molecule has 0 aliphatic carbocycles. The number of H-pyrrole nitrogens is 1. The second kappa shape index (κ2) is 12.2. The molecule has 1 saturated heterocycles. The number of aromatic nitrogens is 2. The Morgan fingerprint density at radius 1 is 1.32 bits per heavy atom. The Hall–Kier alpha value is -2.39. The zero-order valence-corrected chi connectivity index (χ0v) is 23.3. The maximum Gasteiger partial charge on any atom is 0.589 e. The molecule has 6 atom stereocenters. The maximum absolute atomic E-state index is 15.5. The second-order valence-electron chi connectivity index (χ2n) is 8.88. The minimum Gasteiger partial charge on any atom is -0.395 e. The first kappa shape index (κ1) is 30.2. The van der Waals surface area contributed by atoms with Crippen LogP contribution in [-0.2, 0) is 28.0 Å². The molecule has 1 aromatic heterocycles. The fourth-order valence-corrected chi connectivity index (χ4v) is 5.02. The molecule has 1 aliphatic heterocycles. The highest BCUT2D eigenvalue weighted by Gasteiger charge is 2.56. The van der Waals surface area contributed by atoms with E-state index >= 15 is 4.39 Å². The molecule has 1 aromatic carbocycles. The number of phosphoric acid groups is 1. The number of ether oxygens (including phenoxy) is 1. The first-order valence-corrected chi connectivity index (χ1v) is 13.6. The van der Waals surface area contributed by atoms with E-state index in [4.69, 9.17) is 23.1 Å². The molecule has 0 bridgehead atoms. The van der Waals surface area contributed by atoms with Crippen LogP contribution in [-0.4, -0.2) is 58.3 Å². The van der Waals surface area contributed by atoms with Crippen LogP contribution in [0.1, 0.15) is 27.0 Å². The van der Waals surface area contributed by atoms with Crippen LogP contribution in [0.4, 0.5) is 4.39 Å². The van der Waals surface area contributed by atoms with Crippen molar-refractivity contribution in [3.05, 3.63) is 61.8 Å². The summed E-state index contributed by atoms with van der Waals surface area (Å²) < 4.78 is 51.9. The van der Waals surface area contributed by atoms with Crippen LogP contribution in [0.25, 0.3) is 0 Å². The molecule has 1 fully saturated rings. The lowest BCUT2D eigenvalue weighted by Gasteiger charge is -2.25. The Bertz CT molecular complexity index is 1290. The SMILES string of the molecule is CON[C@H](C(=O)OP(=O)(OC[C@H]1O[C@@H](n2ccc(=O)[nH]c2=O)[C@@](C)(F)[C@@H]1O)Oc1ccc(Br)cc1)C(C)C. The number of nitrogens with one attached hydrogen (secondary N) is 2. The minimum atomic E-state index is -4.75. The molecule has 3 N–H and O–H groups in total. The number of hydrogen-bond acceptors (Lipinski definition) is 11. The van der Waals surface area contributed by atoms with Crippen molar-refractivity contribution in [2.75, 3.05) is 13.7 Å². The minimum absolute atomic E-state index is 0.0195. The Morgan fingerprint density at radius 2 is 1.97 bits per heavy atom. The molecule has 1 unspecified atom stereocenters. The van der Waals surface area contributed by atoms with Gasteiger partial charge in [-0.05, 0) is 37.1 Å². The van der Waals surface area contributed by atoms with Crippen LogP contribution in [0, 0.1) is 5.92 Å². The summed E-state index contributed by atoms with van der Waals surface area (Å²) in [5, 5.41) is 10.6. The zero-order valence-electron chi connectivity index (χ0n) is 20.8. The lowest BCUT2D eigenvalue weighted by Crippen LogP contribution is -2.43. The van der Waals surface area contributed by atoms with E-state index in [1.165, 1.54) is 19.2 Å². The number of aromatic amines is 1. The van der Waals surface area contributed by atoms with Gasteiger partial charge in [0.15, 0.2) is 11.9 Å². The van der Waals surface area contributed by atoms with E-state index in [-0.39, 0.29) is 11.7 Å².